The van der Waals surface area contributed by atoms with Gasteiger partial charge in [-0.25, -0.2) is 0 Å². The Morgan fingerprint density at radius 2 is 1.94 bits per heavy atom. The monoisotopic (exact) mass is 244 g/mol. The average molecular weight is 244 g/mol. The lowest BCUT2D eigenvalue weighted by Gasteiger charge is -2.23. The molecule has 0 radical (unpaired) electrons. The van der Waals surface area contributed by atoms with Crippen molar-refractivity contribution in [3.05, 3.63) is 0 Å². The normalized spacial score (nSPS) is 14.4. The highest BCUT2D eigenvalue weighted by atomic mass is 16.4. The lowest BCUT2D eigenvalue weighted by molar-refractivity contribution is -0.148. The molecule has 0 rings (SSSR count). The molecule has 0 spiro atoms. The van der Waals surface area contributed by atoms with Crippen LogP contribution >= 0.6 is 0 Å². The Hall–Kier alpha value is -1.10. The number of carboxylic acids is 1. The van der Waals surface area contributed by atoms with E-state index in [4.69, 9.17) is 5.11 Å². The number of carbonyl (C=O) groups excluding carboxylic acids is 1. The second kappa shape index (κ2) is 7.27. The first-order valence-corrected chi connectivity index (χ1v) is 6.05. The summed E-state index contributed by atoms with van der Waals surface area (Å²) in [5.74, 6) is -0.986. The zero-order valence-corrected chi connectivity index (χ0v) is 11.2. The van der Waals surface area contributed by atoms with E-state index in [2.05, 4.69) is 10.6 Å². The molecule has 1 amide bonds. The molecule has 1 unspecified atom stereocenters. The van der Waals surface area contributed by atoms with Crippen LogP contribution in [-0.2, 0) is 9.59 Å². The molecular weight excluding hydrogens is 220 g/mol. The summed E-state index contributed by atoms with van der Waals surface area (Å²) >= 11 is 0. The average Bonchev–Trinajstić information content (AvgIpc) is 2.25. The summed E-state index contributed by atoms with van der Waals surface area (Å²) in [6.45, 7) is 8.26. The molecule has 0 bridgehead atoms. The van der Waals surface area contributed by atoms with Crippen LogP contribution in [0.5, 0.6) is 0 Å². The van der Waals surface area contributed by atoms with Crippen LogP contribution in [0.3, 0.4) is 0 Å². The summed E-state index contributed by atoms with van der Waals surface area (Å²) in [6, 6.07) is 0.350. The van der Waals surface area contributed by atoms with E-state index >= 15 is 0 Å². The molecule has 1 atom stereocenters. The van der Waals surface area contributed by atoms with Gasteiger partial charge in [-0.15, -0.1) is 0 Å². The third-order valence-electron chi connectivity index (χ3n) is 2.88. The molecule has 0 aromatic carbocycles. The highest BCUT2D eigenvalue weighted by Gasteiger charge is 2.31. The molecule has 17 heavy (non-hydrogen) atoms. The van der Waals surface area contributed by atoms with E-state index < -0.39 is 11.4 Å². The fourth-order valence-electron chi connectivity index (χ4n) is 1.21. The Labute approximate surface area is 103 Å². The lowest BCUT2D eigenvalue weighted by atomic mass is 9.88. The summed E-state index contributed by atoms with van der Waals surface area (Å²) in [7, 11) is 0. The van der Waals surface area contributed by atoms with Crippen molar-refractivity contribution in [1.82, 2.24) is 10.6 Å². The topological polar surface area (TPSA) is 78.4 Å². The molecule has 0 fully saturated rings. The van der Waals surface area contributed by atoms with Crippen LogP contribution in [0.4, 0.5) is 0 Å². The van der Waals surface area contributed by atoms with E-state index in [0.29, 0.717) is 25.4 Å². The third kappa shape index (κ3) is 6.26. The van der Waals surface area contributed by atoms with Crippen molar-refractivity contribution >= 4 is 11.9 Å². The third-order valence-corrected chi connectivity index (χ3v) is 2.88. The van der Waals surface area contributed by atoms with Gasteiger partial charge >= 0.3 is 5.97 Å². The number of amides is 1. The highest BCUT2D eigenvalue weighted by Crippen LogP contribution is 2.19. The SMILES string of the molecule is CCC(C)(CNC(=O)CCNC(C)C)C(=O)O. The summed E-state index contributed by atoms with van der Waals surface area (Å²) in [6.07, 6.45) is 0.866. The molecule has 5 heteroatoms. The molecule has 0 aromatic heterocycles. The standard InChI is InChI=1S/C12H24N2O3/c1-5-12(4,11(16)17)8-14-10(15)6-7-13-9(2)3/h9,13H,5-8H2,1-4H3,(H,14,15)(H,16,17). The predicted octanol–water partition coefficient (Wildman–Crippen LogP) is 0.992. The van der Waals surface area contributed by atoms with Crippen LogP contribution in [0.25, 0.3) is 0 Å². The van der Waals surface area contributed by atoms with Gasteiger partial charge in [-0.1, -0.05) is 20.8 Å². The molecule has 0 heterocycles. The van der Waals surface area contributed by atoms with Gasteiger partial charge in [-0.3, -0.25) is 9.59 Å². The molecular formula is C12H24N2O3. The van der Waals surface area contributed by atoms with Crippen LogP contribution in [-0.4, -0.2) is 36.1 Å². The minimum Gasteiger partial charge on any atom is -0.481 e. The number of carbonyl (C=O) groups is 2. The zero-order valence-electron chi connectivity index (χ0n) is 11.2. The van der Waals surface area contributed by atoms with Crippen molar-refractivity contribution in [2.75, 3.05) is 13.1 Å². The van der Waals surface area contributed by atoms with Crippen LogP contribution in [0.1, 0.15) is 40.5 Å². The molecule has 0 saturated heterocycles. The van der Waals surface area contributed by atoms with Crippen LogP contribution < -0.4 is 10.6 Å². The number of aliphatic carboxylic acids is 1. The van der Waals surface area contributed by atoms with Gasteiger partial charge in [0, 0.05) is 25.6 Å². The largest absolute Gasteiger partial charge is 0.481 e. The fraction of sp³-hybridized carbons (Fsp3) is 0.833. The van der Waals surface area contributed by atoms with Crippen molar-refractivity contribution < 1.29 is 14.7 Å². The predicted molar refractivity (Wildman–Crippen MR) is 66.8 cm³/mol. The Morgan fingerprint density at radius 3 is 2.35 bits per heavy atom. The molecule has 0 aliphatic carbocycles. The van der Waals surface area contributed by atoms with E-state index in [1.807, 2.05) is 13.8 Å². The van der Waals surface area contributed by atoms with Gasteiger partial charge in [0.15, 0.2) is 0 Å². The second-order valence-electron chi connectivity index (χ2n) is 4.85. The molecule has 0 aromatic rings. The fourth-order valence-corrected chi connectivity index (χ4v) is 1.21. The van der Waals surface area contributed by atoms with Crippen molar-refractivity contribution in [3.8, 4) is 0 Å². The van der Waals surface area contributed by atoms with Crippen LogP contribution in [0, 0.1) is 5.41 Å². The maximum absolute atomic E-state index is 11.5. The van der Waals surface area contributed by atoms with Crippen molar-refractivity contribution in [2.24, 2.45) is 5.41 Å². The van der Waals surface area contributed by atoms with Gasteiger partial charge in [0.05, 0.1) is 5.41 Å². The summed E-state index contributed by atoms with van der Waals surface area (Å²) in [5.41, 5.74) is -0.874. The number of hydrogen-bond donors (Lipinski definition) is 3. The zero-order chi connectivity index (χ0) is 13.5. The minimum absolute atomic E-state index is 0.112. The van der Waals surface area contributed by atoms with E-state index in [1.54, 1.807) is 13.8 Å². The van der Waals surface area contributed by atoms with Gasteiger partial charge in [0.1, 0.15) is 0 Å². The number of hydrogen-bond acceptors (Lipinski definition) is 3. The Balaban J connectivity index is 3.94. The Bertz CT molecular complexity index is 266. The van der Waals surface area contributed by atoms with E-state index in [-0.39, 0.29) is 12.5 Å². The van der Waals surface area contributed by atoms with Gasteiger partial charge in [0.2, 0.25) is 5.91 Å². The first kappa shape index (κ1) is 15.9. The Kier molecular flexibility index (Phi) is 6.80. The number of nitrogens with one attached hydrogen (secondary N) is 2. The van der Waals surface area contributed by atoms with E-state index in [9.17, 15) is 9.59 Å². The smallest absolute Gasteiger partial charge is 0.311 e. The Morgan fingerprint density at radius 1 is 1.35 bits per heavy atom. The lowest BCUT2D eigenvalue weighted by Crippen LogP contribution is -2.41. The summed E-state index contributed by atoms with van der Waals surface area (Å²) < 4.78 is 0. The highest BCUT2D eigenvalue weighted by molar-refractivity contribution is 5.78. The number of rotatable bonds is 8. The first-order valence-electron chi connectivity index (χ1n) is 6.05. The van der Waals surface area contributed by atoms with Crippen molar-refractivity contribution in [3.63, 3.8) is 0 Å². The molecule has 5 nitrogen and oxygen atoms in total. The molecule has 3 N–H and O–H groups in total. The minimum atomic E-state index is -0.874. The molecule has 0 saturated carbocycles. The number of carboxylic acid groups (broad SMARTS) is 1. The van der Waals surface area contributed by atoms with Crippen LogP contribution in [0.2, 0.25) is 0 Å². The maximum atomic E-state index is 11.5. The van der Waals surface area contributed by atoms with Gasteiger partial charge in [0.25, 0.3) is 0 Å². The molecule has 0 aliphatic rings. The maximum Gasteiger partial charge on any atom is 0.311 e. The van der Waals surface area contributed by atoms with Crippen LogP contribution in [0.15, 0.2) is 0 Å². The van der Waals surface area contributed by atoms with E-state index in [0.717, 1.165) is 0 Å². The second-order valence-corrected chi connectivity index (χ2v) is 4.85. The quantitative estimate of drug-likeness (QED) is 0.595. The first-order chi connectivity index (χ1) is 7.81. The van der Waals surface area contributed by atoms with E-state index in [1.165, 1.54) is 0 Å². The van der Waals surface area contributed by atoms with Gasteiger partial charge in [-0.2, -0.15) is 0 Å². The summed E-state index contributed by atoms with van der Waals surface area (Å²) in [5, 5.41) is 14.8. The molecule has 0 aliphatic heterocycles. The van der Waals surface area contributed by atoms with Gasteiger partial charge < -0.3 is 15.7 Å². The molecule has 100 valence electrons. The van der Waals surface area contributed by atoms with Crippen molar-refractivity contribution in [2.45, 2.75) is 46.6 Å². The summed E-state index contributed by atoms with van der Waals surface area (Å²) in [4.78, 5) is 22.5. The van der Waals surface area contributed by atoms with Crippen molar-refractivity contribution in [1.29, 1.82) is 0 Å². The van der Waals surface area contributed by atoms with Gasteiger partial charge in [-0.05, 0) is 13.3 Å².